The minimum atomic E-state index is 0.690. The van der Waals surface area contributed by atoms with Gasteiger partial charge in [-0.05, 0) is 30.7 Å². The lowest BCUT2D eigenvalue weighted by molar-refractivity contribution is 0.520. The predicted molar refractivity (Wildman–Crippen MR) is 72.8 cm³/mol. The van der Waals surface area contributed by atoms with E-state index in [2.05, 4.69) is 43.3 Å². The van der Waals surface area contributed by atoms with Crippen molar-refractivity contribution in [3.63, 3.8) is 0 Å². The van der Waals surface area contributed by atoms with Gasteiger partial charge in [0.1, 0.15) is 0 Å². The smallest absolute Gasteiger partial charge is 0.0621 e. The van der Waals surface area contributed by atoms with E-state index in [4.69, 9.17) is 5.26 Å². The van der Waals surface area contributed by atoms with E-state index < -0.39 is 0 Å². The third-order valence-corrected chi connectivity index (χ3v) is 3.27. The van der Waals surface area contributed by atoms with Crippen LogP contribution < -0.4 is 0 Å². The Labute approximate surface area is 105 Å². The molecule has 0 aliphatic carbocycles. The highest BCUT2D eigenvalue weighted by molar-refractivity contribution is 5.19. The molecule has 0 heterocycles. The molecule has 1 atom stereocenters. The van der Waals surface area contributed by atoms with Gasteiger partial charge in [-0.3, -0.25) is 0 Å². The highest BCUT2D eigenvalue weighted by Crippen LogP contribution is 2.27. The normalized spacial score (nSPS) is 12.0. The van der Waals surface area contributed by atoms with Crippen LogP contribution in [0.25, 0.3) is 0 Å². The van der Waals surface area contributed by atoms with Crippen molar-refractivity contribution in [2.24, 2.45) is 0 Å². The summed E-state index contributed by atoms with van der Waals surface area (Å²) in [5, 5.41) is 8.54. The lowest BCUT2D eigenvalue weighted by Crippen LogP contribution is -1.99. The molecular formula is C16H23N. The summed E-state index contributed by atoms with van der Waals surface area (Å²) in [5.74, 6) is 0.690. The number of hydrogen-bond acceptors (Lipinski definition) is 1. The van der Waals surface area contributed by atoms with Crippen LogP contribution in [0.2, 0.25) is 0 Å². The van der Waals surface area contributed by atoms with Gasteiger partial charge in [0.05, 0.1) is 6.07 Å². The number of nitrogens with zero attached hydrogens (tertiary/aromatic N) is 1. The van der Waals surface area contributed by atoms with Crippen molar-refractivity contribution in [3.8, 4) is 6.07 Å². The summed E-state index contributed by atoms with van der Waals surface area (Å²) in [6, 6.07) is 13.0. The Morgan fingerprint density at radius 2 is 1.76 bits per heavy atom. The van der Waals surface area contributed by atoms with Crippen LogP contribution in [-0.2, 0) is 0 Å². The fourth-order valence-electron chi connectivity index (χ4n) is 2.25. The largest absolute Gasteiger partial charge is 0.198 e. The Morgan fingerprint density at radius 3 is 2.41 bits per heavy atom. The van der Waals surface area contributed by atoms with Gasteiger partial charge in [0, 0.05) is 6.42 Å². The molecule has 0 amide bonds. The number of unbranched alkanes of at least 4 members (excludes halogenated alkanes) is 3. The standard InChI is InChI=1S/C16H23N/c1-2-3-10-15(13-8-5-9-14-17)16-11-6-4-7-12-16/h4,6-7,11-12,15H,2-3,5,8-10,13H2,1H3. The molecule has 0 saturated carbocycles. The van der Waals surface area contributed by atoms with Gasteiger partial charge in [0.25, 0.3) is 0 Å². The van der Waals surface area contributed by atoms with Crippen molar-refractivity contribution < 1.29 is 0 Å². The van der Waals surface area contributed by atoms with Gasteiger partial charge >= 0.3 is 0 Å². The second-order valence-electron chi connectivity index (χ2n) is 4.65. The highest BCUT2D eigenvalue weighted by Gasteiger charge is 2.10. The number of benzene rings is 1. The first-order chi connectivity index (χ1) is 8.38. The quantitative estimate of drug-likeness (QED) is 0.572. The van der Waals surface area contributed by atoms with Gasteiger partial charge in [-0.2, -0.15) is 5.26 Å². The summed E-state index contributed by atoms with van der Waals surface area (Å²) >= 11 is 0. The molecule has 0 spiro atoms. The SMILES string of the molecule is CCCCC(CCCCC#N)c1ccccc1. The van der Waals surface area contributed by atoms with Crippen LogP contribution in [0.4, 0.5) is 0 Å². The molecule has 0 fully saturated rings. The fourth-order valence-corrected chi connectivity index (χ4v) is 2.25. The molecule has 1 aromatic rings. The van der Waals surface area contributed by atoms with Crippen molar-refractivity contribution in [1.29, 1.82) is 5.26 Å². The number of rotatable bonds is 8. The summed E-state index contributed by atoms with van der Waals surface area (Å²) in [6.45, 7) is 2.25. The summed E-state index contributed by atoms with van der Waals surface area (Å²) in [4.78, 5) is 0. The molecular weight excluding hydrogens is 206 g/mol. The maximum atomic E-state index is 8.54. The second kappa shape index (κ2) is 8.82. The lowest BCUT2D eigenvalue weighted by Gasteiger charge is -2.16. The summed E-state index contributed by atoms with van der Waals surface area (Å²) in [5.41, 5.74) is 1.47. The molecule has 0 radical (unpaired) electrons. The van der Waals surface area contributed by atoms with Gasteiger partial charge in [-0.15, -0.1) is 0 Å². The summed E-state index contributed by atoms with van der Waals surface area (Å²) in [6.07, 6.45) is 8.01. The molecule has 1 rings (SSSR count). The average molecular weight is 229 g/mol. The van der Waals surface area contributed by atoms with E-state index in [0.717, 1.165) is 6.42 Å². The van der Waals surface area contributed by atoms with Crippen LogP contribution in [-0.4, -0.2) is 0 Å². The molecule has 0 aromatic heterocycles. The Hall–Kier alpha value is -1.29. The first-order valence-corrected chi connectivity index (χ1v) is 6.80. The summed E-state index contributed by atoms with van der Waals surface area (Å²) in [7, 11) is 0. The predicted octanol–water partition coefficient (Wildman–Crippen LogP) is 5.04. The molecule has 0 N–H and O–H groups in total. The summed E-state index contributed by atoms with van der Waals surface area (Å²) < 4.78 is 0. The molecule has 1 aromatic carbocycles. The van der Waals surface area contributed by atoms with Crippen LogP contribution in [0, 0.1) is 11.3 Å². The van der Waals surface area contributed by atoms with E-state index in [1.165, 1.54) is 37.7 Å². The fraction of sp³-hybridized carbons (Fsp3) is 0.562. The molecule has 0 aliphatic heterocycles. The topological polar surface area (TPSA) is 23.8 Å². The molecule has 0 aliphatic rings. The monoisotopic (exact) mass is 229 g/mol. The molecule has 17 heavy (non-hydrogen) atoms. The van der Waals surface area contributed by atoms with Crippen molar-refractivity contribution >= 4 is 0 Å². The maximum Gasteiger partial charge on any atom is 0.0621 e. The zero-order valence-corrected chi connectivity index (χ0v) is 10.9. The Balaban J connectivity index is 2.46. The maximum absolute atomic E-state index is 8.54. The van der Waals surface area contributed by atoms with Crippen molar-refractivity contribution in [2.75, 3.05) is 0 Å². The van der Waals surface area contributed by atoms with Crippen molar-refractivity contribution in [3.05, 3.63) is 35.9 Å². The highest BCUT2D eigenvalue weighted by atomic mass is 14.2. The second-order valence-corrected chi connectivity index (χ2v) is 4.65. The van der Waals surface area contributed by atoms with Crippen LogP contribution in [0.5, 0.6) is 0 Å². The first kappa shape index (κ1) is 13.8. The lowest BCUT2D eigenvalue weighted by atomic mass is 9.89. The third-order valence-electron chi connectivity index (χ3n) is 3.27. The molecule has 1 heteroatoms. The molecule has 92 valence electrons. The van der Waals surface area contributed by atoms with Crippen LogP contribution in [0.15, 0.2) is 30.3 Å². The Morgan fingerprint density at radius 1 is 1.06 bits per heavy atom. The minimum absolute atomic E-state index is 0.690. The average Bonchev–Trinajstić information content (AvgIpc) is 2.39. The van der Waals surface area contributed by atoms with Crippen LogP contribution in [0.1, 0.15) is 63.4 Å². The van der Waals surface area contributed by atoms with Crippen LogP contribution in [0.3, 0.4) is 0 Å². The van der Waals surface area contributed by atoms with E-state index >= 15 is 0 Å². The minimum Gasteiger partial charge on any atom is -0.198 e. The van der Waals surface area contributed by atoms with Gasteiger partial charge in [0.15, 0.2) is 0 Å². The van der Waals surface area contributed by atoms with Crippen LogP contribution >= 0.6 is 0 Å². The molecule has 0 saturated heterocycles. The van der Waals surface area contributed by atoms with Gasteiger partial charge < -0.3 is 0 Å². The van der Waals surface area contributed by atoms with Gasteiger partial charge in [-0.25, -0.2) is 0 Å². The van der Waals surface area contributed by atoms with E-state index in [-0.39, 0.29) is 0 Å². The van der Waals surface area contributed by atoms with E-state index in [0.29, 0.717) is 12.3 Å². The third kappa shape index (κ3) is 5.54. The Kier molecular flexibility index (Phi) is 7.14. The Bertz CT molecular complexity index is 323. The van der Waals surface area contributed by atoms with Gasteiger partial charge in [0.2, 0.25) is 0 Å². The van der Waals surface area contributed by atoms with Gasteiger partial charge in [-0.1, -0.05) is 56.5 Å². The zero-order valence-electron chi connectivity index (χ0n) is 10.9. The number of hydrogen-bond donors (Lipinski definition) is 0. The van der Waals surface area contributed by atoms with E-state index in [9.17, 15) is 0 Å². The van der Waals surface area contributed by atoms with Crippen molar-refractivity contribution in [1.82, 2.24) is 0 Å². The van der Waals surface area contributed by atoms with Crippen molar-refractivity contribution in [2.45, 2.75) is 57.8 Å². The molecule has 0 bridgehead atoms. The first-order valence-electron chi connectivity index (χ1n) is 6.80. The van der Waals surface area contributed by atoms with E-state index in [1.54, 1.807) is 0 Å². The molecule has 1 nitrogen and oxygen atoms in total. The number of nitriles is 1. The molecule has 1 unspecified atom stereocenters. The van der Waals surface area contributed by atoms with E-state index in [1.807, 2.05) is 0 Å². The zero-order chi connectivity index (χ0) is 12.3.